The molecular formula is C13H17Cl2NO4. The van der Waals surface area contributed by atoms with Crippen LogP contribution in [-0.4, -0.2) is 44.5 Å². The Kier molecular flexibility index (Phi) is 7.09. The van der Waals surface area contributed by atoms with Gasteiger partial charge in [0.2, 0.25) is 0 Å². The minimum atomic E-state index is -0.341. The van der Waals surface area contributed by atoms with Crippen LogP contribution in [0.1, 0.15) is 16.8 Å². The minimum absolute atomic E-state index is 0.0432. The van der Waals surface area contributed by atoms with E-state index in [1.165, 1.54) is 26.4 Å². The Labute approximate surface area is 127 Å². The third kappa shape index (κ3) is 4.52. The lowest BCUT2D eigenvalue weighted by atomic mass is 10.1. The molecule has 5 nitrogen and oxygen atoms in total. The number of aliphatic hydroxyl groups is 1. The maximum Gasteiger partial charge on any atom is 0.251 e. The van der Waals surface area contributed by atoms with E-state index in [4.69, 9.17) is 37.8 Å². The normalized spacial score (nSPS) is 12.1. The molecule has 1 aromatic rings. The summed E-state index contributed by atoms with van der Waals surface area (Å²) >= 11 is 12.0. The van der Waals surface area contributed by atoms with Gasteiger partial charge in [0.25, 0.3) is 5.91 Å². The molecule has 1 unspecified atom stereocenters. The molecule has 7 heteroatoms. The SMILES string of the molecule is COCC(CCO)NC(=O)c1cc(Cl)c(OC)c(Cl)c1. The topological polar surface area (TPSA) is 67.8 Å². The maximum absolute atomic E-state index is 12.1. The molecule has 0 heterocycles. The average molecular weight is 322 g/mol. The molecule has 0 radical (unpaired) electrons. The van der Waals surface area contributed by atoms with Crippen molar-refractivity contribution in [3.63, 3.8) is 0 Å². The third-order valence-corrected chi connectivity index (χ3v) is 3.21. The van der Waals surface area contributed by atoms with Gasteiger partial charge in [-0.1, -0.05) is 23.2 Å². The number of carbonyl (C=O) groups excluding carboxylic acids is 1. The molecule has 1 atom stereocenters. The highest BCUT2D eigenvalue weighted by molar-refractivity contribution is 6.37. The van der Waals surface area contributed by atoms with Crippen molar-refractivity contribution < 1.29 is 19.4 Å². The fourth-order valence-corrected chi connectivity index (χ4v) is 2.35. The molecule has 0 aliphatic carbocycles. The Morgan fingerprint density at radius 2 is 1.95 bits per heavy atom. The molecule has 20 heavy (non-hydrogen) atoms. The lowest BCUT2D eigenvalue weighted by Gasteiger charge is -2.17. The minimum Gasteiger partial charge on any atom is -0.494 e. The van der Waals surface area contributed by atoms with Gasteiger partial charge in [0.1, 0.15) is 0 Å². The summed E-state index contributed by atoms with van der Waals surface area (Å²) in [5.74, 6) is -0.0133. The molecule has 0 saturated carbocycles. The van der Waals surface area contributed by atoms with Gasteiger partial charge in [-0.2, -0.15) is 0 Å². The second-order valence-corrected chi connectivity index (χ2v) is 4.93. The van der Waals surface area contributed by atoms with Gasteiger partial charge in [0.15, 0.2) is 5.75 Å². The number of benzene rings is 1. The first-order chi connectivity index (χ1) is 9.53. The summed E-state index contributed by atoms with van der Waals surface area (Å²) in [6, 6.07) is 2.67. The van der Waals surface area contributed by atoms with E-state index < -0.39 is 0 Å². The van der Waals surface area contributed by atoms with Gasteiger partial charge in [-0.25, -0.2) is 0 Å². The predicted octanol–water partition coefficient (Wildman–Crippen LogP) is 2.13. The molecule has 0 saturated heterocycles. The Bertz CT molecular complexity index is 439. The van der Waals surface area contributed by atoms with Gasteiger partial charge < -0.3 is 19.9 Å². The van der Waals surface area contributed by atoms with Crippen molar-refractivity contribution in [2.24, 2.45) is 0 Å². The fourth-order valence-electron chi connectivity index (χ4n) is 1.71. The van der Waals surface area contributed by atoms with Crippen molar-refractivity contribution in [3.05, 3.63) is 27.7 Å². The highest BCUT2D eigenvalue weighted by Gasteiger charge is 2.16. The zero-order valence-electron chi connectivity index (χ0n) is 11.3. The second kappa shape index (κ2) is 8.32. The molecule has 2 N–H and O–H groups in total. The molecule has 1 aromatic carbocycles. The van der Waals surface area contributed by atoms with E-state index in [0.29, 0.717) is 24.3 Å². The summed E-state index contributed by atoms with van der Waals surface area (Å²) in [6.07, 6.45) is 0.400. The number of aliphatic hydroxyl groups excluding tert-OH is 1. The summed E-state index contributed by atoms with van der Waals surface area (Å²) in [5.41, 5.74) is 0.319. The summed E-state index contributed by atoms with van der Waals surface area (Å²) in [5, 5.41) is 12.2. The van der Waals surface area contributed by atoms with Crippen LogP contribution in [0.2, 0.25) is 10.0 Å². The summed E-state index contributed by atoms with van der Waals surface area (Å²) in [4.78, 5) is 12.1. The lowest BCUT2D eigenvalue weighted by molar-refractivity contribution is 0.0878. The van der Waals surface area contributed by atoms with Crippen LogP contribution < -0.4 is 10.1 Å². The summed E-state index contributed by atoms with van der Waals surface area (Å²) < 4.78 is 10.00. The van der Waals surface area contributed by atoms with E-state index in [2.05, 4.69) is 5.32 Å². The fraction of sp³-hybridized carbons (Fsp3) is 0.462. The summed E-state index contributed by atoms with van der Waals surface area (Å²) in [7, 11) is 2.97. The number of rotatable bonds is 7. The largest absolute Gasteiger partial charge is 0.494 e. The van der Waals surface area contributed by atoms with Crippen molar-refractivity contribution in [1.82, 2.24) is 5.32 Å². The van der Waals surface area contributed by atoms with Crippen molar-refractivity contribution in [2.45, 2.75) is 12.5 Å². The smallest absolute Gasteiger partial charge is 0.251 e. The van der Waals surface area contributed by atoms with Crippen molar-refractivity contribution in [2.75, 3.05) is 27.4 Å². The Hall–Kier alpha value is -1.01. The molecule has 112 valence electrons. The lowest BCUT2D eigenvalue weighted by Crippen LogP contribution is -2.38. The predicted molar refractivity (Wildman–Crippen MR) is 77.8 cm³/mol. The van der Waals surface area contributed by atoms with E-state index in [1.54, 1.807) is 0 Å². The van der Waals surface area contributed by atoms with Crippen LogP contribution in [0.25, 0.3) is 0 Å². The molecule has 0 aromatic heterocycles. The van der Waals surface area contributed by atoms with Crippen LogP contribution in [0.3, 0.4) is 0 Å². The number of hydrogen-bond acceptors (Lipinski definition) is 4. The molecule has 0 aliphatic heterocycles. The first-order valence-corrected chi connectivity index (χ1v) is 6.72. The standard InChI is InChI=1S/C13H17Cl2NO4/c1-19-7-9(3-4-17)16-13(18)8-5-10(14)12(20-2)11(15)6-8/h5-6,9,17H,3-4,7H2,1-2H3,(H,16,18). The molecule has 0 spiro atoms. The van der Waals surface area contributed by atoms with Crippen molar-refractivity contribution in [1.29, 1.82) is 0 Å². The Morgan fingerprint density at radius 1 is 1.35 bits per heavy atom. The highest BCUT2D eigenvalue weighted by Crippen LogP contribution is 2.33. The number of ether oxygens (including phenoxy) is 2. The number of amides is 1. The molecule has 0 bridgehead atoms. The van der Waals surface area contributed by atoms with Gasteiger partial charge in [-0.05, 0) is 18.6 Å². The number of nitrogens with one attached hydrogen (secondary N) is 1. The molecule has 0 fully saturated rings. The van der Waals surface area contributed by atoms with Crippen LogP contribution in [0.4, 0.5) is 0 Å². The highest BCUT2D eigenvalue weighted by atomic mass is 35.5. The van der Waals surface area contributed by atoms with Gasteiger partial charge >= 0.3 is 0 Å². The first kappa shape index (κ1) is 17.0. The Balaban J connectivity index is 2.86. The number of carbonyl (C=O) groups is 1. The zero-order valence-corrected chi connectivity index (χ0v) is 12.8. The molecule has 1 amide bonds. The average Bonchev–Trinajstić information content (AvgIpc) is 2.38. The van der Waals surface area contributed by atoms with Crippen LogP contribution >= 0.6 is 23.2 Å². The van der Waals surface area contributed by atoms with Crippen LogP contribution in [0.15, 0.2) is 12.1 Å². The monoisotopic (exact) mass is 321 g/mol. The van der Waals surface area contributed by atoms with Crippen molar-refractivity contribution >= 4 is 29.1 Å². The van der Waals surface area contributed by atoms with E-state index >= 15 is 0 Å². The first-order valence-electron chi connectivity index (χ1n) is 5.97. The van der Waals surface area contributed by atoms with E-state index in [1.807, 2.05) is 0 Å². The maximum atomic E-state index is 12.1. The molecule has 0 aliphatic rings. The number of methoxy groups -OCH3 is 2. The number of halogens is 2. The van der Waals surface area contributed by atoms with Gasteiger partial charge in [-0.3, -0.25) is 4.79 Å². The van der Waals surface area contributed by atoms with Gasteiger partial charge in [0, 0.05) is 19.3 Å². The summed E-state index contributed by atoms with van der Waals surface area (Å²) in [6.45, 7) is 0.266. The van der Waals surface area contributed by atoms with Gasteiger partial charge in [0.05, 0.1) is 29.8 Å². The number of hydrogen-bond donors (Lipinski definition) is 2. The van der Waals surface area contributed by atoms with Crippen molar-refractivity contribution in [3.8, 4) is 5.75 Å². The van der Waals surface area contributed by atoms with Crippen LogP contribution in [-0.2, 0) is 4.74 Å². The van der Waals surface area contributed by atoms with E-state index in [0.717, 1.165) is 0 Å². The third-order valence-electron chi connectivity index (χ3n) is 2.65. The van der Waals surface area contributed by atoms with Crippen LogP contribution in [0.5, 0.6) is 5.75 Å². The second-order valence-electron chi connectivity index (χ2n) is 4.11. The van der Waals surface area contributed by atoms with E-state index in [9.17, 15) is 4.79 Å². The van der Waals surface area contributed by atoms with Gasteiger partial charge in [-0.15, -0.1) is 0 Å². The Morgan fingerprint density at radius 3 is 2.40 bits per heavy atom. The quantitative estimate of drug-likeness (QED) is 0.807. The zero-order chi connectivity index (χ0) is 15.1. The molecular weight excluding hydrogens is 305 g/mol. The van der Waals surface area contributed by atoms with E-state index in [-0.39, 0.29) is 28.6 Å². The molecule has 1 rings (SSSR count). The van der Waals surface area contributed by atoms with Crippen LogP contribution in [0, 0.1) is 0 Å².